The average Bonchev–Trinajstić information content (AvgIpc) is 2.37. The van der Waals surface area contributed by atoms with E-state index in [1.165, 1.54) is 0 Å². The zero-order valence-electron chi connectivity index (χ0n) is 10.0. The molecule has 102 valence electrons. The van der Waals surface area contributed by atoms with Crippen molar-refractivity contribution in [2.45, 2.75) is 12.5 Å². The summed E-state index contributed by atoms with van der Waals surface area (Å²) in [6, 6.07) is 4.60. The first kappa shape index (κ1) is 15.8. The van der Waals surface area contributed by atoms with Gasteiger partial charge >= 0.3 is 0 Å². The number of primary amides is 1. The number of rotatable bonds is 7. The fourth-order valence-electron chi connectivity index (χ4n) is 1.52. The highest BCUT2D eigenvalue weighted by Gasteiger charge is 2.17. The molecule has 0 spiro atoms. The number of nitrogens with zero attached hydrogens (tertiary/aromatic N) is 3. The van der Waals surface area contributed by atoms with Crippen molar-refractivity contribution < 1.29 is 4.79 Å². The van der Waals surface area contributed by atoms with Gasteiger partial charge in [-0.25, -0.2) is 0 Å². The topological polar surface area (TPSA) is 104 Å². The molecular weight excluding hydrogens is 334 g/mol. The Kier molecular flexibility index (Phi) is 6.66. The largest absolute Gasteiger partial charge is 0.368 e. The van der Waals surface area contributed by atoms with E-state index in [0.29, 0.717) is 30.1 Å². The van der Waals surface area contributed by atoms with E-state index in [1.807, 2.05) is 0 Å². The minimum Gasteiger partial charge on any atom is -0.368 e. The Morgan fingerprint density at radius 3 is 2.95 bits per heavy atom. The molecule has 0 aliphatic carbocycles. The van der Waals surface area contributed by atoms with Crippen molar-refractivity contribution in [1.29, 1.82) is 0 Å². The first-order chi connectivity index (χ1) is 9.06. The maximum atomic E-state index is 11.4. The highest BCUT2D eigenvalue weighted by molar-refractivity contribution is 9.10. The van der Waals surface area contributed by atoms with Gasteiger partial charge in [0.15, 0.2) is 0 Å². The quantitative estimate of drug-likeness (QED) is 0.343. The second-order valence-corrected chi connectivity index (χ2v) is 5.03. The Bertz CT molecular complexity index is 504. The molecule has 0 aliphatic rings. The van der Waals surface area contributed by atoms with Crippen molar-refractivity contribution in [3.8, 4) is 0 Å². The van der Waals surface area contributed by atoms with Crippen LogP contribution in [-0.4, -0.2) is 19.0 Å². The Morgan fingerprint density at radius 2 is 2.37 bits per heavy atom. The molecule has 1 aromatic carbocycles. The van der Waals surface area contributed by atoms with Gasteiger partial charge in [0.1, 0.15) is 6.04 Å². The Balaban J connectivity index is 2.69. The molecule has 3 N–H and O–H groups in total. The van der Waals surface area contributed by atoms with Crippen LogP contribution in [0.15, 0.2) is 27.8 Å². The van der Waals surface area contributed by atoms with Gasteiger partial charge in [0.2, 0.25) is 5.91 Å². The molecule has 1 rings (SSSR count). The number of halogens is 2. The Morgan fingerprint density at radius 1 is 1.63 bits per heavy atom. The molecule has 8 heteroatoms. The number of azide groups is 1. The van der Waals surface area contributed by atoms with E-state index in [9.17, 15) is 4.79 Å². The Hall–Kier alpha value is -1.27. The third kappa shape index (κ3) is 5.08. The number of nitrogens with one attached hydrogen (secondary N) is 1. The van der Waals surface area contributed by atoms with Crippen molar-refractivity contribution in [1.82, 2.24) is 5.32 Å². The minimum absolute atomic E-state index is 0.371. The number of hydrogen-bond acceptors (Lipinski definition) is 3. The van der Waals surface area contributed by atoms with Gasteiger partial charge in [-0.1, -0.05) is 22.8 Å². The lowest BCUT2D eigenvalue weighted by Crippen LogP contribution is -2.34. The molecule has 0 bridgehead atoms. The maximum absolute atomic E-state index is 11.4. The Labute approximate surface area is 124 Å². The summed E-state index contributed by atoms with van der Waals surface area (Å²) in [7, 11) is 0. The van der Waals surface area contributed by atoms with E-state index >= 15 is 0 Å². The first-order valence-corrected chi connectivity index (χ1v) is 6.72. The number of carbonyl (C=O) groups excluding carboxylic acids is 1. The summed E-state index contributed by atoms with van der Waals surface area (Å²) in [5.41, 5.74) is 14.2. The van der Waals surface area contributed by atoms with Crippen molar-refractivity contribution in [3.05, 3.63) is 43.7 Å². The van der Waals surface area contributed by atoms with E-state index in [0.717, 1.165) is 4.47 Å². The lowest BCUT2D eigenvalue weighted by Gasteiger charge is -2.16. The summed E-state index contributed by atoms with van der Waals surface area (Å²) in [6.45, 7) is 0.885. The molecule has 19 heavy (non-hydrogen) atoms. The number of benzene rings is 1. The van der Waals surface area contributed by atoms with E-state index in [1.54, 1.807) is 18.2 Å². The first-order valence-electron chi connectivity index (χ1n) is 5.54. The third-order valence-electron chi connectivity index (χ3n) is 2.41. The second kappa shape index (κ2) is 8.01. The highest BCUT2D eigenvalue weighted by atomic mass is 79.9. The van der Waals surface area contributed by atoms with Crippen LogP contribution in [0.4, 0.5) is 0 Å². The zero-order chi connectivity index (χ0) is 14.3. The SMILES string of the molecule is [N-]=[N+]=NCCCNC(C(N)=O)c1ccc(Br)c(Cl)c1. The molecule has 0 heterocycles. The molecule has 0 saturated carbocycles. The number of hydrogen-bond donors (Lipinski definition) is 2. The molecule has 0 fully saturated rings. The summed E-state index contributed by atoms with van der Waals surface area (Å²) in [5.74, 6) is -0.484. The van der Waals surface area contributed by atoms with Crippen molar-refractivity contribution >= 4 is 33.4 Å². The van der Waals surface area contributed by atoms with Crippen LogP contribution in [0.5, 0.6) is 0 Å². The second-order valence-electron chi connectivity index (χ2n) is 3.77. The minimum atomic E-state index is -0.614. The molecule has 0 aromatic heterocycles. The lowest BCUT2D eigenvalue weighted by molar-refractivity contribution is -0.120. The molecular formula is C11H13BrClN5O. The standard InChI is InChI=1S/C11H13BrClN5O/c12-8-3-2-7(6-9(8)13)10(11(14)19)16-4-1-5-17-18-15/h2-3,6,10,16H,1,4-5H2,(H2,14,19). The van der Waals surface area contributed by atoms with Crippen LogP contribution in [0.25, 0.3) is 10.4 Å². The molecule has 6 nitrogen and oxygen atoms in total. The molecule has 1 amide bonds. The van der Waals surface area contributed by atoms with Gasteiger partial charge in [-0.2, -0.15) is 0 Å². The van der Waals surface area contributed by atoms with Gasteiger partial charge in [-0.3, -0.25) is 4.79 Å². The lowest BCUT2D eigenvalue weighted by atomic mass is 10.1. The van der Waals surface area contributed by atoms with Gasteiger partial charge < -0.3 is 11.1 Å². The summed E-state index contributed by atoms with van der Waals surface area (Å²) >= 11 is 9.26. The van der Waals surface area contributed by atoms with Crippen LogP contribution in [0.3, 0.4) is 0 Å². The number of amides is 1. The average molecular weight is 347 g/mol. The molecule has 1 unspecified atom stereocenters. The molecule has 1 atom stereocenters. The van der Waals surface area contributed by atoms with Crippen molar-refractivity contribution in [2.75, 3.05) is 13.1 Å². The highest BCUT2D eigenvalue weighted by Crippen LogP contribution is 2.26. The van der Waals surface area contributed by atoms with Crippen molar-refractivity contribution in [2.24, 2.45) is 10.8 Å². The van der Waals surface area contributed by atoms with E-state index in [2.05, 4.69) is 31.3 Å². The number of carbonyl (C=O) groups is 1. The number of nitrogens with two attached hydrogens (primary N) is 1. The fraction of sp³-hybridized carbons (Fsp3) is 0.364. The third-order valence-corrected chi connectivity index (χ3v) is 3.64. The predicted molar refractivity (Wildman–Crippen MR) is 77.7 cm³/mol. The smallest absolute Gasteiger partial charge is 0.239 e. The monoisotopic (exact) mass is 345 g/mol. The van der Waals surface area contributed by atoms with Crippen LogP contribution in [0, 0.1) is 0 Å². The van der Waals surface area contributed by atoms with E-state index < -0.39 is 11.9 Å². The molecule has 1 aromatic rings. The summed E-state index contributed by atoms with van der Waals surface area (Å²) in [6.07, 6.45) is 0.623. The van der Waals surface area contributed by atoms with Crippen LogP contribution in [0.1, 0.15) is 18.0 Å². The maximum Gasteiger partial charge on any atom is 0.239 e. The molecule has 0 aliphatic heterocycles. The summed E-state index contributed by atoms with van der Waals surface area (Å²) < 4.78 is 0.754. The van der Waals surface area contributed by atoms with Gasteiger partial charge in [-0.15, -0.1) is 0 Å². The fourth-order valence-corrected chi connectivity index (χ4v) is 1.95. The van der Waals surface area contributed by atoms with Crippen molar-refractivity contribution in [3.63, 3.8) is 0 Å². The summed E-state index contributed by atoms with van der Waals surface area (Å²) in [5, 5.41) is 6.93. The van der Waals surface area contributed by atoms with Gasteiger partial charge in [-0.05, 0) is 52.1 Å². The molecule has 0 radical (unpaired) electrons. The van der Waals surface area contributed by atoms with E-state index in [4.69, 9.17) is 22.9 Å². The van der Waals surface area contributed by atoms with Gasteiger partial charge in [0, 0.05) is 15.9 Å². The van der Waals surface area contributed by atoms with Crippen LogP contribution in [0.2, 0.25) is 5.02 Å². The van der Waals surface area contributed by atoms with Gasteiger partial charge in [0.05, 0.1) is 5.02 Å². The van der Waals surface area contributed by atoms with Crippen LogP contribution < -0.4 is 11.1 Å². The summed E-state index contributed by atoms with van der Waals surface area (Å²) in [4.78, 5) is 14.1. The normalized spacial score (nSPS) is 11.7. The molecule has 0 saturated heterocycles. The van der Waals surface area contributed by atoms with Gasteiger partial charge in [0.25, 0.3) is 0 Å². The van der Waals surface area contributed by atoms with Crippen LogP contribution in [-0.2, 0) is 4.79 Å². The van der Waals surface area contributed by atoms with E-state index in [-0.39, 0.29) is 0 Å². The zero-order valence-corrected chi connectivity index (χ0v) is 12.4. The predicted octanol–water partition coefficient (Wildman–Crippen LogP) is 2.92. The van der Waals surface area contributed by atoms with Crippen LogP contribution >= 0.6 is 27.5 Å².